The average Bonchev–Trinajstić information content (AvgIpc) is 2.32. The van der Waals surface area contributed by atoms with E-state index in [9.17, 15) is 9.59 Å². The van der Waals surface area contributed by atoms with Crippen LogP contribution in [0, 0.1) is 5.41 Å². The SMILES string of the molecule is CC(C)(C)C1=CC(=O)C(=O)C(c2ccccc2Cl)=C1. The first-order valence-electron chi connectivity index (χ1n) is 6.08. The van der Waals surface area contributed by atoms with Crippen molar-refractivity contribution in [2.75, 3.05) is 0 Å². The third kappa shape index (κ3) is 2.69. The summed E-state index contributed by atoms with van der Waals surface area (Å²) in [4.78, 5) is 23.9. The molecule has 0 amide bonds. The van der Waals surface area contributed by atoms with Crippen LogP contribution in [-0.2, 0) is 9.59 Å². The molecule has 0 saturated heterocycles. The van der Waals surface area contributed by atoms with Crippen molar-refractivity contribution in [3.8, 4) is 0 Å². The second kappa shape index (κ2) is 4.78. The van der Waals surface area contributed by atoms with Crippen molar-refractivity contribution in [1.82, 2.24) is 0 Å². The lowest BCUT2D eigenvalue weighted by molar-refractivity contribution is -0.130. The fourth-order valence-corrected chi connectivity index (χ4v) is 2.15. The molecule has 0 N–H and O–H groups in total. The van der Waals surface area contributed by atoms with E-state index in [0.29, 0.717) is 16.2 Å². The molecule has 0 radical (unpaired) electrons. The van der Waals surface area contributed by atoms with Gasteiger partial charge in [-0.3, -0.25) is 9.59 Å². The molecule has 2 rings (SSSR count). The third-order valence-corrected chi connectivity index (χ3v) is 3.41. The van der Waals surface area contributed by atoms with E-state index in [1.807, 2.05) is 20.8 Å². The molecule has 2 nitrogen and oxygen atoms in total. The van der Waals surface area contributed by atoms with Crippen LogP contribution in [0.5, 0.6) is 0 Å². The number of hydrogen-bond donors (Lipinski definition) is 0. The fraction of sp³-hybridized carbons (Fsp3) is 0.250. The van der Waals surface area contributed by atoms with Crippen molar-refractivity contribution < 1.29 is 9.59 Å². The first-order chi connectivity index (χ1) is 8.80. The molecule has 1 aliphatic carbocycles. The number of halogens is 1. The Morgan fingerprint density at radius 3 is 2.21 bits per heavy atom. The number of rotatable bonds is 1. The molecule has 0 atom stereocenters. The minimum atomic E-state index is -0.499. The second-order valence-corrected chi connectivity index (χ2v) is 5.99. The normalized spacial score (nSPS) is 16.2. The molecule has 1 aromatic rings. The van der Waals surface area contributed by atoms with Crippen molar-refractivity contribution in [3.63, 3.8) is 0 Å². The van der Waals surface area contributed by atoms with Gasteiger partial charge in [-0.15, -0.1) is 0 Å². The predicted molar refractivity (Wildman–Crippen MR) is 77.0 cm³/mol. The Morgan fingerprint density at radius 1 is 1.00 bits per heavy atom. The third-order valence-electron chi connectivity index (χ3n) is 3.08. The molecular formula is C16H15ClO2. The Morgan fingerprint density at radius 2 is 1.63 bits per heavy atom. The quantitative estimate of drug-likeness (QED) is 0.576. The van der Waals surface area contributed by atoms with Gasteiger partial charge in [-0.25, -0.2) is 0 Å². The van der Waals surface area contributed by atoms with E-state index >= 15 is 0 Å². The molecular weight excluding hydrogens is 260 g/mol. The molecule has 0 fully saturated rings. The van der Waals surface area contributed by atoms with Gasteiger partial charge in [0.25, 0.3) is 0 Å². The Bertz CT molecular complexity index is 616. The molecule has 0 heterocycles. The van der Waals surface area contributed by atoms with Crippen LogP contribution in [0.15, 0.2) is 42.0 Å². The number of benzene rings is 1. The summed E-state index contributed by atoms with van der Waals surface area (Å²) in [6.07, 6.45) is 3.19. The Hall–Kier alpha value is -1.67. The Labute approximate surface area is 117 Å². The van der Waals surface area contributed by atoms with Gasteiger partial charge in [0.1, 0.15) is 0 Å². The number of Topliss-reactive ketones (excluding diaryl/α,β-unsaturated/α-hetero) is 1. The maximum absolute atomic E-state index is 12.0. The summed E-state index contributed by atoms with van der Waals surface area (Å²) < 4.78 is 0. The monoisotopic (exact) mass is 274 g/mol. The highest BCUT2D eigenvalue weighted by Gasteiger charge is 2.28. The minimum Gasteiger partial charge on any atom is -0.286 e. The van der Waals surface area contributed by atoms with Crippen molar-refractivity contribution in [3.05, 3.63) is 52.6 Å². The molecule has 0 spiro atoms. The summed E-state index contributed by atoms with van der Waals surface area (Å²) in [6.45, 7) is 6.01. The second-order valence-electron chi connectivity index (χ2n) is 5.58. The van der Waals surface area contributed by atoms with Crippen molar-refractivity contribution in [2.24, 2.45) is 5.41 Å². The molecule has 19 heavy (non-hydrogen) atoms. The van der Waals surface area contributed by atoms with E-state index in [1.54, 1.807) is 30.3 Å². The molecule has 0 saturated carbocycles. The van der Waals surface area contributed by atoms with Crippen LogP contribution in [-0.4, -0.2) is 11.6 Å². The fourth-order valence-electron chi connectivity index (χ4n) is 1.91. The number of carbonyl (C=O) groups excluding carboxylic acids is 2. The van der Waals surface area contributed by atoms with Gasteiger partial charge in [0, 0.05) is 16.2 Å². The number of allylic oxidation sites excluding steroid dienone is 4. The zero-order valence-electron chi connectivity index (χ0n) is 11.2. The molecule has 3 heteroatoms. The van der Waals surface area contributed by atoms with Crippen LogP contribution in [0.2, 0.25) is 5.02 Å². The van der Waals surface area contributed by atoms with Crippen LogP contribution in [0.4, 0.5) is 0 Å². The maximum Gasteiger partial charge on any atom is 0.233 e. The minimum absolute atomic E-state index is 0.192. The lowest BCUT2D eigenvalue weighted by Crippen LogP contribution is -2.21. The highest BCUT2D eigenvalue weighted by Crippen LogP contribution is 2.34. The first kappa shape index (κ1) is 13.8. The first-order valence-corrected chi connectivity index (χ1v) is 6.46. The van der Waals surface area contributed by atoms with Gasteiger partial charge in [0.15, 0.2) is 0 Å². The number of ketones is 2. The van der Waals surface area contributed by atoms with Crippen LogP contribution < -0.4 is 0 Å². The van der Waals surface area contributed by atoms with Crippen LogP contribution in [0.3, 0.4) is 0 Å². The standard InChI is InChI=1S/C16H15ClO2/c1-16(2,3)10-8-12(15(19)14(18)9-10)11-6-4-5-7-13(11)17/h4-9H,1-3H3. The Balaban J connectivity index is 2.59. The zero-order chi connectivity index (χ0) is 14.2. The van der Waals surface area contributed by atoms with Crippen molar-refractivity contribution in [1.29, 1.82) is 0 Å². The molecule has 0 aliphatic heterocycles. The lowest BCUT2D eigenvalue weighted by atomic mass is 9.80. The van der Waals surface area contributed by atoms with E-state index in [-0.39, 0.29) is 5.41 Å². The molecule has 0 bridgehead atoms. The summed E-state index contributed by atoms with van der Waals surface area (Å²) in [5.74, 6) is -0.983. The topological polar surface area (TPSA) is 34.1 Å². The van der Waals surface area contributed by atoms with Crippen molar-refractivity contribution >= 4 is 28.7 Å². The summed E-state index contributed by atoms with van der Waals surface area (Å²) in [5.41, 5.74) is 1.63. The smallest absolute Gasteiger partial charge is 0.233 e. The number of carbonyl (C=O) groups is 2. The van der Waals surface area contributed by atoms with Gasteiger partial charge in [-0.2, -0.15) is 0 Å². The van der Waals surface area contributed by atoms with E-state index in [2.05, 4.69) is 0 Å². The average molecular weight is 275 g/mol. The summed E-state index contributed by atoms with van der Waals surface area (Å²) in [6, 6.07) is 7.06. The van der Waals surface area contributed by atoms with E-state index in [4.69, 9.17) is 11.6 Å². The van der Waals surface area contributed by atoms with E-state index < -0.39 is 11.6 Å². The summed E-state index contributed by atoms with van der Waals surface area (Å²) in [5, 5.41) is 0.477. The maximum atomic E-state index is 12.0. The van der Waals surface area contributed by atoms with Gasteiger partial charge in [-0.05, 0) is 29.2 Å². The Kier molecular flexibility index (Phi) is 3.46. The number of hydrogen-bond acceptors (Lipinski definition) is 2. The van der Waals surface area contributed by atoms with Crippen LogP contribution in [0.1, 0.15) is 26.3 Å². The van der Waals surface area contributed by atoms with Gasteiger partial charge in [-0.1, -0.05) is 50.6 Å². The molecule has 1 aromatic carbocycles. The lowest BCUT2D eigenvalue weighted by Gasteiger charge is -2.24. The predicted octanol–water partition coefficient (Wildman–Crippen LogP) is 3.85. The van der Waals surface area contributed by atoms with Gasteiger partial charge in [0.2, 0.25) is 11.6 Å². The molecule has 98 valence electrons. The largest absolute Gasteiger partial charge is 0.286 e. The van der Waals surface area contributed by atoms with Crippen LogP contribution >= 0.6 is 11.6 Å². The van der Waals surface area contributed by atoms with Crippen molar-refractivity contribution in [2.45, 2.75) is 20.8 Å². The van der Waals surface area contributed by atoms with Gasteiger partial charge in [0.05, 0.1) is 0 Å². The van der Waals surface area contributed by atoms with Crippen LogP contribution in [0.25, 0.3) is 5.57 Å². The zero-order valence-corrected chi connectivity index (χ0v) is 11.9. The molecule has 0 unspecified atom stereocenters. The van der Waals surface area contributed by atoms with E-state index in [0.717, 1.165) is 5.57 Å². The highest BCUT2D eigenvalue weighted by molar-refractivity contribution is 6.58. The van der Waals surface area contributed by atoms with Gasteiger partial charge < -0.3 is 0 Å². The summed E-state index contributed by atoms with van der Waals surface area (Å²) >= 11 is 6.11. The summed E-state index contributed by atoms with van der Waals surface area (Å²) in [7, 11) is 0. The molecule has 1 aliphatic rings. The molecule has 0 aromatic heterocycles. The highest BCUT2D eigenvalue weighted by atomic mass is 35.5. The van der Waals surface area contributed by atoms with E-state index in [1.165, 1.54) is 6.08 Å². The van der Waals surface area contributed by atoms with Gasteiger partial charge >= 0.3 is 0 Å².